The van der Waals surface area contributed by atoms with Crippen molar-refractivity contribution in [2.45, 2.75) is 19.3 Å². The molecule has 0 amide bonds. The van der Waals surface area contributed by atoms with E-state index in [1.165, 1.54) is 0 Å². The van der Waals surface area contributed by atoms with E-state index >= 15 is 0 Å². The normalized spacial score (nSPS) is 20.8. The number of hydrogen-bond acceptors (Lipinski definition) is 6. The molecule has 1 aromatic carbocycles. The van der Waals surface area contributed by atoms with E-state index in [-0.39, 0.29) is 0 Å². The smallest absolute Gasteiger partial charge is 0.132 e. The van der Waals surface area contributed by atoms with Crippen molar-refractivity contribution in [2.24, 2.45) is 0 Å². The number of benzene rings is 1. The molecule has 2 aliphatic rings. The molecule has 0 saturated carbocycles. The van der Waals surface area contributed by atoms with Crippen LogP contribution in [0.5, 0.6) is 5.75 Å². The minimum atomic E-state index is 0.418. The summed E-state index contributed by atoms with van der Waals surface area (Å²) in [4.78, 5) is 14.2. The molecular formula is C21H28N4O2. The Bertz CT molecular complexity index is 726. The van der Waals surface area contributed by atoms with Crippen molar-refractivity contribution in [1.82, 2.24) is 14.9 Å². The lowest BCUT2D eigenvalue weighted by Gasteiger charge is -2.35. The third-order valence-corrected chi connectivity index (χ3v) is 5.31. The molecule has 1 atom stereocenters. The number of aromatic nitrogens is 2. The van der Waals surface area contributed by atoms with Crippen molar-refractivity contribution in [3.05, 3.63) is 47.9 Å². The van der Waals surface area contributed by atoms with Crippen LogP contribution in [-0.2, 0) is 4.74 Å². The summed E-state index contributed by atoms with van der Waals surface area (Å²) in [6, 6.07) is 12.2. The van der Waals surface area contributed by atoms with Gasteiger partial charge in [-0.2, -0.15) is 0 Å². The maximum absolute atomic E-state index is 5.82. The zero-order valence-electron chi connectivity index (χ0n) is 16.0. The molecule has 2 aromatic rings. The summed E-state index contributed by atoms with van der Waals surface area (Å²) < 4.78 is 11.3. The van der Waals surface area contributed by atoms with Crippen LogP contribution >= 0.6 is 0 Å². The first kappa shape index (κ1) is 18.2. The van der Waals surface area contributed by atoms with Crippen molar-refractivity contribution in [2.75, 3.05) is 57.4 Å². The largest absolute Gasteiger partial charge is 0.492 e. The highest BCUT2D eigenvalue weighted by Crippen LogP contribution is 2.26. The van der Waals surface area contributed by atoms with E-state index in [0.29, 0.717) is 5.92 Å². The summed E-state index contributed by atoms with van der Waals surface area (Å²) in [6.45, 7) is 9.33. The molecule has 0 spiro atoms. The molecule has 2 fully saturated rings. The van der Waals surface area contributed by atoms with Crippen LogP contribution in [0.15, 0.2) is 36.4 Å². The molecule has 2 aliphatic heterocycles. The van der Waals surface area contributed by atoms with Gasteiger partial charge in [-0.15, -0.1) is 0 Å². The van der Waals surface area contributed by atoms with Crippen LogP contribution in [0.1, 0.15) is 23.9 Å². The summed E-state index contributed by atoms with van der Waals surface area (Å²) in [5, 5.41) is 0. The highest BCUT2D eigenvalue weighted by Gasteiger charge is 2.23. The zero-order chi connectivity index (χ0) is 18.5. The molecule has 0 radical (unpaired) electrons. The maximum Gasteiger partial charge on any atom is 0.132 e. The van der Waals surface area contributed by atoms with Gasteiger partial charge in [-0.25, -0.2) is 9.97 Å². The van der Waals surface area contributed by atoms with E-state index in [0.717, 1.165) is 82.1 Å². The molecule has 6 nitrogen and oxygen atoms in total. The van der Waals surface area contributed by atoms with Gasteiger partial charge in [0.05, 0.1) is 12.3 Å². The summed E-state index contributed by atoms with van der Waals surface area (Å²) in [7, 11) is 0. The number of para-hydroxylation sites is 1. The fourth-order valence-corrected chi connectivity index (χ4v) is 3.72. The average molecular weight is 368 g/mol. The molecule has 144 valence electrons. The molecule has 3 heterocycles. The van der Waals surface area contributed by atoms with E-state index < -0.39 is 0 Å². The van der Waals surface area contributed by atoms with Crippen LogP contribution in [0.25, 0.3) is 0 Å². The van der Waals surface area contributed by atoms with Gasteiger partial charge in [-0.3, -0.25) is 4.90 Å². The second kappa shape index (κ2) is 8.67. The van der Waals surface area contributed by atoms with Gasteiger partial charge in [0.2, 0.25) is 0 Å². The molecule has 0 bridgehead atoms. The zero-order valence-corrected chi connectivity index (χ0v) is 16.0. The molecule has 1 unspecified atom stereocenters. The number of rotatable bonds is 6. The van der Waals surface area contributed by atoms with Crippen molar-refractivity contribution in [3.63, 3.8) is 0 Å². The number of hydrogen-bond donors (Lipinski definition) is 0. The molecule has 2 saturated heterocycles. The fraction of sp³-hybridized carbons (Fsp3) is 0.524. The van der Waals surface area contributed by atoms with Gasteiger partial charge < -0.3 is 14.4 Å². The van der Waals surface area contributed by atoms with E-state index in [1.54, 1.807) is 0 Å². The summed E-state index contributed by atoms with van der Waals surface area (Å²) in [5.74, 6) is 3.27. The standard InChI is InChI=1S/C21H28N4O2/c1-17-22-20(18-7-13-26-16-18)15-21(23-17)25-10-8-24(9-11-25)12-14-27-19-5-3-2-4-6-19/h2-6,15,18H,7-14,16H2,1H3. The van der Waals surface area contributed by atoms with Crippen LogP contribution in [0.3, 0.4) is 0 Å². The Morgan fingerprint density at radius 3 is 2.67 bits per heavy atom. The summed E-state index contributed by atoms with van der Waals surface area (Å²) >= 11 is 0. The van der Waals surface area contributed by atoms with Crippen LogP contribution in [-0.4, -0.2) is 67.4 Å². The lowest BCUT2D eigenvalue weighted by atomic mass is 10.0. The Morgan fingerprint density at radius 2 is 1.93 bits per heavy atom. The number of nitrogens with zero attached hydrogens (tertiary/aromatic N) is 4. The van der Waals surface area contributed by atoms with Crippen molar-refractivity contribution >= 4 is 5.82 Å². The topological polar surface area (TPSA) is 50.7 Å². The minimum Gasteiger partial charge on any atom is -0.492 e. The number of ether oxygens (including phenoxy) is 2. The Kier molecular flexibility index (Phi) is 5.84. The van der Waals surface area contributed by atoms with Crippen molar-refractivity contribution in [1.29, 1.82) is 0 Å². The highest BCUT2D eigenvalue weighted by atomic mass is 16.5. The third kappa shape index (κ3) is 4.76. The number of aryl methyl sites for hydroxylation is 1. The predicted octanol–water partition coefficient (Wildman–Crippen LogP) is 2.49. The van der Waals surface area contributed by atoms with E-state index in [1.807, 2.05) is 37.3 Å². The van der Waals surface area contributed by atoms with E-state index in [2.05, 4.69) is 25.8 Å². The maximum atomic E-state index is 5.82. The molecule has 6 heteroatoms. The summed E-state index contributed by atoms with van der Waals surface area (Å²) in [5.41, 5.74) is 1.13. The van der Waals surface area contributed by atoms with Gasteiger partial charge in [-0.1, -0.05) is 18.2 Å². The lowest BCUT2D eigenvalue weighted by Crippen LogP contribution is -2.47. The predicted molar refractivity (Wildman–Crippen MR) is 106 cm³/mol. The molecule has 1 aromatic heterocycles. The SMILES string of the molecule is Cc1nc(C2CCOC2)cc(N2CCN(CCOc3ccccc3)CC2)n1. The van der Waals surface area contributed by atoms with Crippen LogP contribution in [0.4, 0.5) is 5.82 Å². The molecule has 0 N–H and O–H groups in total. The third-order valence-electron chi connectivity index (χ3n) is 5.31. The highest BCUT2D eigenvalue weighted by molar-refractivity contribution is 5.41. The van der Waals surface area contributed by atoms with Gasteiger partial charge in [0.15, 0.2) is 0 Å². The first-order valence-electron chi connectivity index (χ1n) is 9.86. The monoisotopic (exact) mass is 368 g/mol. The average Bonchev–Trinajstić information content (AvgIpc) is 3.24. The van der Waals surface area contributed by atoms with E-state index in [4.69, 9.17) is 9.47 Å². The first-order valence-corrected chi connectivity index (χ1v) is 9.86. The Balaban J connectivity index is 1.28. The van der Waals surface area contributed by atoms with Gasteiger partial charge in [0.1, 0.15) is 24.0 Å². The summed E-state index contributed by atoms with van der Waals surface area (Å²) in [6.07, 6.45) is 1.06. The first-order chi connectivity index (χ1) is 13.3. The van der Waals surface area contributed by atoms with Gasteiger partial charge in [-0.05, 0) is 25.5 Å². The number of anilines is 1. The lowest BCUT2D eigenvalue weighted by molar-refractivity contribution is 0.193. The molecular weight excluding hydrogens is 340 g/mol. The Labute approximate surface area is 161 Å². The van der Waals surface area contributed by atoms with Crippen LogP contribution in [0, 0.1) is 6.92 Å². The molecule has 0 aliphatic carbocycles. The van der Waals surface area contributed by atoms with Crippen molar-refractivity contribution < 1.29 is 9.47 Å². The van der Waals surface area contributed by atoms with E-state index in [9.17, 15) is 0 Å². The van der Waals surface area contributed by atoms with Crippen molar-refractivity contribution in [3.8, 4) is 5.75 Å². The second-order valence-electron chi connectivity index (χ2n) is 7.25. The fourth-order valence-electron chi connectivity index (χ4n) is 3.72. The molecule has 4 rings (SSSR count). The van der Waals surface area contributed by atoms with Crippen LogP contribution in [0.2, 0.25) is 0 Å². The Morgan fingerprint density at radius 1 is 1.11 bits per heavy atom. The van der Waals surface area contributed by atoms with Gasteiger partial charge in [0.25, 0.3) is 0 Å². The second-order valence-corrected chi connectivity index (χ2v) is 7.25. The minimum absolute atomic E-state index is 0.418. The van der Waals surface area contributed by atoms with Gasteiger partial charge in [0, 0.05) is 51.3 Å². The number of piperazine rings is 1. The quantitative estimate of drug-likeness (QED) is 0.781. The van der Waals surface area contributed by atoms with Gasteiger partial charge >= 0.3 is 0 Å². The molecule has 27 heavy (non-hydrogen) atoms. The Hall–Kier alpha value is -2.18. The van der Waals surface area contributed by atoms with Crippen LogP contribution < -0.4 is 9.64 Å².